The fourth-order valence-electron chi connectivity index (χ4n) is 3.74. The van der Waals surface area contributed by atoms with Gasteiger partial charge in [-0.3, -0.25) is 0 Å². The van der Waals surface area contributed by atoms with Crippen LogP contribution in [0.4, 0.5) is 0 Å². The first-order chi connectivity index (χ1) is 22.1. The molecule has 0 radical (unpaired) electrons. The predicted octanol–water partition coefficient (Wildman–Crippen LogP) is 3.41. The molecule has 0 saturated heterocycles. The van der Waals surface area contributed by atoms with Gasteiger partial charge in [0.2, 0.25) is 0 Å². The average Bonchev–Trinajstić information content (AvgIpc) is 3.05. The summed E-state index contributed by atoms with van der Waals surface area (Å²) in [4.78, 5) is 47.0. The second-order valence-electron chi connectivity index (χ2n) is 9.28. The minimum Gasteiger partial charge on any atom is -0.854 e. The molecule has 0 atom stereocenters. The Morgan fingerprint density at radius 1 is 0.388 bits per heavy atom. The molecule has 0 aliphatic rings. The summed E-state index contributed by atoms with van der Waals surface area (Å²) in [6.45, 7) is 1.28. The Morgan fingerprint density at radius 2 is 0.571 bits per heavy atom. The molecule has 252 valence electrons. The zero-order chi connectivity index (χ0) is 33.1. The second-order valence-corrected chi connectivity index (χ2v) is 24.8. The number of benzene rings is 4. The van der Waals surface area contributed by atoms with Crippen molar-refractivity contribution in [2.75, 3.05) is 49.4 Å². The van der Waals surface area contributed by atoms with Crippen molar-refractivity contribution in [3.8, 4) is 23.0 Å². The Morgan fingerprint density at radius 3 is 0.735 bits per heavy atom. The Balaban J connectivity index is 0.000000886. The van der Waals surface area contributed by atoms with Crippen LogP contribution in [-0.4, -0.2) is 49.4 Å². The van der Waals surface area contributed by atoms with Crippen molar-refractivity contribution in [3.05, 3.63) is 121 Å². The summed E-state index contributed by atoms with van der Waals surface area (Å²) in [6.07, 6.45) is 0. The van der Waals surface area contributed by atoms with E-state index in [0.717, 1.165) is 23.0 Å². The van der Waals surface area contributed by atoms with Gasteiger partial charge in [-0.2, -0.15) is 0 Å². The van der Waals surface area contributed by atoms with Crippen LogP contribution in [0.15, 0.2) is 121 Å². The van der Waals surface area contributed by atoms with Crippen molar-refractivity contribution in [2.24, 2.45) is 0 Å². The molecule has 4 aromatic rings. The fraction of sp³-hybridized carbons (Fsp3) is 0.250. The van der Waals surface area contributed by atoms with E-state index in [2.05, 4.69) is 24.5 Å². The van der Waals surface area contributed by atoms with Gasteiger partial charge in [0.25, 0.3) is 0 Å². The molecule has 0 unspecified atom stereocenters. The van der Waals surface area contributed by atoms with E-state index in [0.29, 0.717) is 49.4 Å². The van der Waals surface area contributed by atoms with Gasteiger partial charge >= 0.3 is 58.4 Å². The van der Waals surface area contributed by atoms with Crippen LogP contribution < -0.4 is 38.5 Å². The molecule has 0 bridgehead atoms. The van der Waals surface area contributed by atoms with E-state index in [1.165, 1.54) is 0 Å². The largest absolute Gasteiger partial charge is 2.00 e. The van der Waals surface area contributed by atoms with Gasteiger partial charge in [0.05, 0.1) is 26.4 Å². The zero-order valence-corrected chi connectivity index (χ0v) is 41.1. The van der Waals surface area contributed by atoms with E-state index in [9.17, 15) is 19.6 Å². The molecular weight excluding hydrogens is 899 g/mol. The van der Waals surface area contributed by atoms with E-state index in [1.54, 1.807) is 0 Å². The molecule has 0 saturated carbocycles. The minimum atomic E-state index is -3.82. The summed E-state index contributed by atoms with van der Waals surface area (Å²) in [6, 6.07) is 37.2. The van der Waals surface area contributed by atoms with E-state index < -0.39 is 31.5 Å². The van der Waals surface area contributed by atoms with Crippen molar-refractivity contribution in [1.82, 2.24) is 0 Å². The van der Waals surface area contributed by atoms with Gasteiger partial charge in [-0.15, -0.1) is 0 Å². The summed E-state index contributed by atoms with van der Waals surface area (Å²) in [5.74, 6) is 4.44. The van der Waals surface area contributed by atoms with Crippen LogP contribution in [0, 0.1) is 0 Å². The summed E-state index contributed by atoms with van der Waals surface area (Å²) in [7, 11) is -1.85. The maximum Gasteiger partial charge on any atom is 2.00 e. The molecule has 0 aromatic heterocycles. The van der Waals surface area contributed by atoms with E-state index in [1.807, 2.05) is 121 Å². The van der Waals surface area contributed by atoms with Gasteiger partial charge in [0, 0.05) is 23.0 Å². The first kappa shape index (κ1) is 49.1. The summed E-state index contributed by atoms with van der Waals surface area (Å²) < 4.78 is 22.2. The van der Waals surface area contributed by atoms with Gasteiger partial charge in [0.1, 0.15) is 23.0 Å². The summed E-state index contributed by atoms with van der Waals surface area (Å²) in [5, 5.41) is 0. The van der Waals surface area contributed by atoms with Gasteiger partial charge in [-0.25, -0.2) is 20.1 Å². The number of para-hydroxylation sites is 4. The quantitative estimate of drug-likeness (QED) is 0.0938. The smallest absolute Gasteiger partial charge is 0.854 e. The third kappa shape index (κ3) is 22.0. The molecule has 0 spiro atoms. The molecule has 49 heavy (non-hydrogen) atoms. The van der Waals surface area contributed by atoms with E-state index >= 15 is 0 Å². The number of rotatable bonds is 16. The fourth-order valence-corrected chi connectivity index (χ4v) is 12.4. The van der Waals surface area contributed by atoms with Crippen LogP contribution in [0.2, 0.25) is 0 Å². The van der Waals surface area contributed by atoms with Crippen molar-refractivity contribution in [1.29, 1.82) is 0 Å². The third-order valence-corrected chi connectivity index (χ3v) is 19.6. The maximum absolute atomic E-state index is 11.8. The van der Waals surface area contributed by atoms with Gasteiger partial charge in [-0.1, -0.05) is 72.8 Å². The Bertz CT molecular complexity index is 1310. The topological polar surface area (TPSA) is 129 Å². The first-order valence-corrected chi connectivity index (χ1v) is 23.8. The Kier molecular flexibility index (Phi) is 27.7. The normalized spacial score (nSPS) is 10.8. The standard InChI is InChI=1S/2C16H18O4PS2.3Zn/c2*17-21(18,22)23(13-11-19-15-7-3-1-4-8-15)14-12-20-16-9-5-2-6-10-16;;;/h2*1-10H,11-14H2;;;/q2*-3;3*+2. The molecule has 4 rings (SSSR count). The molecule has 4 aromatic carbocycles. The second kappa shape index (κ2) is 27.6. The van der Waals surface area contributed by atoms with Crippen molar-refractivity contribution in [3.63, 3.8) is 0 Å². The monoisotopic (exact) mass is 930 g/mol. The molecule has 0 heterocycles. The number of hydrogen-bond donors (Lipinski definition) is 0. The summed E-state index contributed by atoms with van der Waals surface area (Å²) in [5.41, 5.74) is -7.63. The first-order valence-electron chi connectivity index (χ1n) is 14.2. The van der Waals surface area contributed by atoms with Gasteiger partial charge < -0.3 is 74.4 Å². The maximum atomic E-state index is 11.8. The molecule has 0 aliphatic carbocycles. The number of ether oxygens (including phenoxy) is 4. The molecule has 0 amide bonds. The predicted molar refractivity (Wildman–Crippen MR) is 191 cm³/mol. The Hall–Kier alpha value is 0.0501. The molecule has 8 nitrogen and oxygen atoms in total. The molecule has 0 aliphatic heterocycles. The van der Waals surface area contributed by atoms with Crippen molar-refractivity contribution in [2.45, 2.75) is 0 Å². The van der Waals surface area contributed by atoms with Gasteiger partial charge in [-0.05, 0) is 48.5 Å². The van der Waals surface area contributed by atoms with Crippen LogP contribution in [-0.2, 0) is 103 Å². The number of hydrogen-bond acceptors (Lipinski definition) is 10. The molecule has 0 N–H and O–H groups in total. The van der Waals surface area contributed by atoms with Crippen LogP contribution >= 0.6 is 11.4 Å². The SMILES string of the molecule is [O-]P([O-])([S-])=S(CCOc1ccccc1)CCOc1ccccc1.[O-]P([O-])([S-])=S(CCOc1ccccc1)CCOc1ccccc1.[Zn+2].[Zn+2].[Zn+2]. The van der Waals surface area contributed by atoms with Crippen LogP contribution in [0.25, 0.3) is 0 Å². The molecule has 0 fully saturated rings. The van der Waals surface area contributed by atoms with Crippen LogP contribution in [0.5, 0.6) is 23.0 Å². The van der Waals surface area contributed by atoms with E-state index in [-0.39, 0.29) is 58.4 Å². The third-order valence-electron chi connectivity index (χ3n) is 5.96. The average molecular weight is 935 g/mol. The van der Waals surface area contributed by atoms with Crippen LogP contribution in [0.1, 0.15) is 0 Å². The minimum absolute atomic E-state index is 0. The van der Waals surface area contributed by atoms with Crippen LogP contribution in [0.3, 0.4) is 0 Å². The van der Waals surface area contributed by atoms with Gasteiger partial charge in [0.15, 0.2) is 0 Å². The van der Waals surface area contributed by atoms with Crippen molar-refractivity contribution >= 4 is 56.0 Å². The van der Waals surface area contributed by atoms with Crippen molar-refractivity contribution < 1.29 is 97.0 Å². The molecule has 17 heteroatoms. The molecular formula is C32H36O8P2S4Zn3. The zero-order valence-electron chi connectivity index (χ0n) is 27.1. The van der Waals surface area contributed by atoms with E-state index in [4.69, 9.17) is 18.9 Å². The summed E-state index contributed by atoms with van der Waals surface area (Å²) >= 11 is 9.34. The Labute approximate surface area is 343 Å².